The molecule has 1 spiro atoms. The van der Waals surface area contributed by atoms with Gasteiger partial charge >= 0.3 is 0 Å². The van der Waals surface area contributed by atoms with Gasteiger partial charge in [0, 0.05) is 30.8 Å². The molecule has 2 aromatic carbocycles. The lowest BCUT2D eigenvalue weighted by molar-refractivity contribution is -0.143. The number of carbonyl (C=O) groups is 3. The quantitative estimate of drug-likeness (QED) is 0.317. The van der Waals surface area contributed by atoms with E-state index >= 15 is 0 Å². The molecule has 0 aliphatic carbocycles. The Bertz CT molecular complexity index is 1190. The lowest BCUT2D eigenvalue weighted by Crippen LogP contribution is -2.53. The van der Waals surface area contributed by atoms with Crippen molar-refractivity contribution in [2.45, 2.75) is 5.54 Å². The fourth-order valence-electron chi connectivity index (χ4n) is 4.53. The van der Waals surface area contributed by atoms with Crippen molar-refractivity contribution in [3.63, 3.8) is 0 Å². The maximum absolute atomic E-state index is 14.0. The van der Waals surface area contributed by atoms with Gasteiger partial charge in [-0.05, 0) is 44.4 Å². The van der Waals surface area contributed by atoms with Gasteiger partial charge in [-0.3, -0.25) is 14.4 Å². The number of rotatable bonds is 6. The second-order valence-corrected chi connectivity index (χ2v) is 8.25. The maximum atomic E-state index is 14.0. The molecule has 2 aliphatic heterocycles. The van der Waals surface area contributed by atoms with Crippen molar-refractivity contribution in [1.82, 2.24) is 9.80 Å². The molecule has 0 saturated carbocycles. The minimum absolute atomic E-state index is 0.0831. The molecule has 0 bridgehead atoms. The number of ketones is 1. The highest BCUT2D eigenvalue weighted by molar-refractivity contribution is 6.50. The van der Waals surface area contributed by atoms with E-state index in [0.717, 1.165) is 12.1 Å². The first kappa shape index (κ1) is 22.4. The van der Waals surface area contributed by atoms with E-state index in [1.165, 1.54) is 21.9 Å². The summed E-state index contributed by atoms with van der Waals surface area (Å²) in [6.45, 7) is 4.35. The first-order valence-corrected chi connectivity index (χ1v) is 10.5. The van der Waals surface area contributed by atoms with E-state index in [0.29, 0.717) is 17.8 Å². The number of carbonyl (C=O) groups excluding carboxylic acids is 3. The fraction of sp³-hybridized carbons (Fsp3) is 0.240. The predicted molar refractivity (Wildman–Crippen MR) is 122 cm³/mol. The Hall–Kier alpha value is -3.78. The van der Waals surface area contributed by atoms with Gasteiger partial charge in [0.2, 0.25) is 0 Å². The van der Waals surface area contributed by atoms with Crippen LogP contribution in [0.3, 0.4) is 0 Å². The highest BCUT2D eigenvalue weighted by Crippen LogP contribution is 2.53. The number of para-hydroxylation sites is 1. The van der Waals surface area contributed by atoms with E-state index in [2.05, 4.69) is 6.58 Å². The van der Waals surface area contributed by atoms with Gasteiger partial charge in [0.05, 0.1) is 11.3 Å². The van der Waals surface area contributed by atoms with Crippen LogP contribution >= 0.6 is 0 Å². The normalized spacial score (nSPS) is 21.4. The molecule has 0 aromatic heterocycles. The van der Waals surface area contributed by atoms with Crippen molar-refractivity contribution in [1.29, 1.82) is 0 Å². The van der Waals surface area contributed by atoms with Crippen LogP contribution in [0.5, 0.6) is 0 Å². The van der Waals surface area contributed by atoms with Crippen LogP contribution in [0.2, 0.25) is 0 Å². The molecular weight excluding hydrogens is 425 g/mol. The zero-order chi connectivity index (χ0) is 23.9. The summed E-state index contributed by atoms with van der Waals surface area (Å²) in [5.74, 6) is -3.40. The summed E-state index contributed by atoms with van der Waals surface area (Å²) in [6.07, 6.45) is 1.56. The molecule has 1 N–H and O–H groups in total. The lowest BCUT2D eigenvalue weighted by Gasteiger charge is -2.35. The number of aliphatic hydroxyl groups is 1. The van der Waals surface area contributed by atoms with Crippen molar-refractivity contribution in [2.24, 2.45) is 0 Å². The van der Waals surface area contributed by atoms with Gasteiger partial charge in [-0.2, -0.15) is 0 Å². The Balaban J connectivity index is 2.05. The van der Waals surface area contributed by atoms with Crippen LogP contribution in [0, 0.1) is 5.82 Å². The molecule has 8 heteroatoms. The van der Waals surface area contributed by atoms with E-state index in [1.807, 2.05) is 19.0 Å². The minimum Gasteiger partial charge on any atom is -0.507 e. The van der Waals surface area contributed by atoms with Crippen LogP contribution in [0.1, 0.15) is 11.1 Å². The monoisotopic (exact) mass is 449 g/mol. The smallest absolute Gasteiger partial charge is 0.296 e. The van der Waals surface area contributed by atoms with Gasteiger partial charge in [-0.15, -0.1) is 6.58 Å². The number of halogens is 1. The third kappa shape index (κ3) is 3.25. The van der Waals surface area contributed by atoms with Crippen LogP contribution < -0.4 is 4.90 Å². The van der Waals surface area contributed by atoms with Crippen molar-refractivity contribution in [3.8, 4) is 0 Å². The SMILES string of the molecule is C=CCN1C(=O)C2(C(=C(O)c3ccc(F)cc3)C(=O)C(=O)N2CCN(C)C)c2ccccc21. The summed E-state index contributed by atoms with van der Waals surface area (Å²) >= 11 is 0. The van der Waals surface area contributed by atoms with Crippen LogP contribution in [0.4, 0.5) is 10.1 Å². The average Bonchev–Trinajstić information content (AvgIpc) is 3.16. The Morgan fingerprint density at radius 1 is 1.12 bits per heavy atom. The molecule has 2 heterocycles. The van der Waals surface area contributed by atoms with Gasteiger partial charge in [-0.1, -0.05) is 24.3 Å². The van der Waals surface area contributed by atoms with Gasteiger partial charge in [0.25, 0.3) is 17.6 Å². The number of hydrogen-bond donors (Lipinski definition) is 1. The lowest BCUT2D eigenvalue weighted by atomic mass is 9.82. The molecule has 2 aromatic rings. The Labute approximate surface area is 191 Å². The summed E-state index contributed by atoms with van der Waals surface area (Å²) in [4.78, 5) is 45.2. The number of fused-ring (bicyclic) bond motifs is 2. The summed E-state index contributed by atoms with van der Waals surface area (Å²) < 4.78 is 13.5. The molecule has 170 valence electrons. The topological polar surface area (TPSA) is 81.2 Å². The molecule has 33 heavy (non-hydrogen) atoms. The van der Waals surface area contributed by atoms with E-state index in [9.17, 15) is 23.9 Å². The van der Waals surface area contributed by atoms with Crippen molar-refractivity contribution in [3.05, 3.63) is 83.7 Å². The molecule has 2 amide bonds. The fourth-order valence-corrected chi connectivity index (χ4v) is 4.53. The molecule has 1 atom stereocenters. The van der Waals surface area contributed by atoms with E-state index in [4.69, 9.17) is 0 Å². The van der Waals surface area contributed by atoms with Gasteiger partial charge in [0.15, 0.2) is 5.54 Å². The number of benzene rings is 2. The summed E-state index contributed by atoms with van der Waals surface area (Å²) in [5, 5.41) is 11.2. The largest absolute Gasteiger partial charge is 0.507 e. The van der Waals surface area contributed by atoms with Crippen LogP contribution in [0.15, 0.2) is 66.8 Å². The number of amides is 2. The number of likely N-dealkylation sites (N-methyl/N-ethyl adjacent to an activating group) is 1. The predicted octanol–water partition coefficient (Wildman–Crippen LogP) is 2.50. The van der Waals surface area contributed by atoms with E-state index < -0.39 is 34.7 Å². The van der Waals surface area contributed by atoms with Crippen LogP contribution in [-0.2, 0) is 19.9 Å². The van der Waals surface area contributed by atoms with Crippen molar-refractivity contribution < 1.29 is 23.9 Å². The Morgan fingerprint density at radius 3 is 2.42 bits per heavy atom. The zero-order valence-corrected chi connectivity index (χ0v) is 18.4. The van der Waals surface area contributed by atoms with Crippen LogP contribution in [-0.4, -0.2) is 66.2 Å². The Morgan fingerprint density at radius 2 is 1.79 bits per heavy atom. The molecule has 1 fully saturated rings. The summed E-state index contributed by atoms with van der Waals surface area (Å²) in [7, 11) is 3.63. The van der Waals surface area contributed by atoms with Gasteiger partial charge in [0.1, 0.15) is 11.6 Å². The standard InChI is InChI=1S/C25H24FN3O4/c1-4-13-28-19-8-6-5-7-18(19)25(24(28)33)20(21(30)16-9-11-17(26)12-10-16)22(31)23(32)29(25)15-14-27(2)3/h4-12,30H,1,13-15H2,2-3H3. The third-order valence-electron chi connectivity index (χ3n) is 6.01. The maximum Gasteiger partial charge on any atom is 0.296 e. The zero-order valence-electron chi connectivity index (χ0n) is 18.4. The second kappa shape index (κ2) is 8.29. The highest BCUT2D eigenvalue weighted by Gasteiger charge is 2.66. The number of hydrogen-bond acceptors (Lipinski definition) is 5. The summed E-state index contributed by atoms with van der Waals surface area (Å²) in [6, 6.07) is 11.8. The molecule has 2 aliphatic rings. The molecule has 1 saturated heterocycles. The second-order valence-electron chi connectivity index (χ2n) is 8.25. The molecule has 1 unspecified atom stereocenters. The summed E-state index contributed by atoms with van der Waals surface area (Å²) in [5.41, 5.74) is -1.05. The molecule has 4 rings (SSSR count). The number of likely N-dealkylation sites (tertiary alicyclic amines) is 1. The Kier molecular flexibility index (Phi) is 5.63. The molecular formula is C25H24FN3O4. The van der Waals surface area contributed by atoms with E-state index in [1.54, 1.807) is 30.3 Å². The molecule has 7 nitrogen and oxygen atoms in total. The first-order chi connectivity index (χ1) is 15.7. The third-order valence-corrected chi connectivity index (χ3v) is 6.01. The van der Waals surface area contributed by atoms with Crippen molar-refractivity contribution in [2.75, 3.05) is 38.6 Å². The number of aliphatic hydroxyl groups excluding tert-OH is 1. The number of nitrogens with zero attached hydrogens (tertiary/aromatic N) is 3. The number of Topliss-reactive ketones (excluding diaryl/α,β-unsaturated/α-hetero) is 1. The first-order valence-electron chi connectivity index (χ1n) is 10.5. The average molecular weight is 449 g/mol. The minimum atomic E-state index is -1.83. The van der Waals surface area contributed by atoms with Gasteiger partial charge < -0.3 is 19.8 Å². The van der Waals surface area contributed by atoms with Gasteiger partial charge in [-0.25, -0.2) is 4.39 Å². The van der Waals surface area contributed by atoms with E-state index in [-0.39, 0.29) is 24.2 Å². The van der Waals surface area contributed by atoms with Crippen LogP contribution in [0.25, 0.3) is 5.76 Å². The molecule has 0 radical (unpaired) electrons. The number of anilines is 1. The highest BCUT2D eigenvalue weighted by atomic mass is 19.1. The van der Waals surface area contributed by atoms with Crippen molar-refractivity contribution >= 4 is 29.0 Å².